The number of hydrogen-bond acceptors (Lipinski definition) is 3. The summed E-state index contributed by atoms with van der Waals surface area (Å²) >= 11 is 1.61. The zero-order valence-corrected chi connectivity index (χ0v) is 6.99. The van der Waals surface area contributed by atoms with Crippen LogP contribution in [-0.4, -0.2) is 29.5 Å². The van der Waals surface area contributed by atoms with Crippen molar-refractivity contribution in [3.05, 3.63) is 0 Å². The molecule has 0 heterocycles. The molecule has 0 aromatic carbocycles. The van der Waals surface area contributed by atoms with Gasteiger partial charge in [-0.2, -0.15) is 0 Å². The first-order chi connectivity index (χ1) is 4.12. The molecule has 0 aromatic heterocycles. The number of thioether (sulfide) groups is 1. The molecular weight excluding hydrogens is 136 g/mol. The second kappa shape index (κ2) is 4.14. The van der Waals surface area contributed by atoms with Crippen molar-refractivity contribution in [2.75, 3.05) is 19.7 Å². The van der Waals surface area contributed by atoms with E-state index in [9.17, 15) is 0 Å². The lowest BCUT2D eigenvalue weighted by Gasteiger charge is -2.19. The van der Waals surface area contributed by atoms with Gasteiger partial charge in [0.05, 0.1) is 12.5 Å². The van der Waals surface area contributed by atoms with Crippen LogP contribution < -0.4 is 0 Å². The predicted octanol–water partition coefficient (Wildman–Crippen LogP) is 1.09. The van der Waals surface area contributed by atoms with Crippen LogP contribution in [0.25, 0.3) is 0 Å². The van der Waals surface area contributed by atoms with Gasteiger partial charge < -0.3 is 9.84 Å². The van der Waals surface area contributed by atoms with Gasteiger partial charge >= 0.3 is 0 Å². The van der Waals surface area contributed by atoms with E-state index in [0.29, 0.717) is 5.94 Å². The monoisotopic (exact) mass is 150 g/mol. The molecule has 0 saturated carbocycles. The molecule has 0 aliphatic carbocycles. The lowest BCUT2D eigenvalue weighted by molar-refractivity contribution is 0.246. The Labute approximate surface area is 60.6 Å². The van der Waals surface area contributed by atoms with E-state index in [1.165, 1.54) is 0 Å². The summed E-state index contributed by atoms with van der Waals surface area (Å²) in [6.07, 6.45) is 0. The number of hydrogen-bond donors (Lipinski definition) is 1. The standard InChI is InChI=1S/C6H14O2S/c1-6(2,4-7)9-5-8-3/h7H,4-5H2,1-3H3. The first-order valence-corrected chi connectivity index (χ1v) is 3.85. The summed E-state index contributed by atoms with van der Waals surface area (Å²) < 4.78 is 4.77. The highest BCUT2D eigenvalue weighted by molar-refractivity contribution is 8.00. The van der Waals surface area contributed by atoms with Crippen molar-refractivity contribution in [3.63, 3.8) is 0 Å². The predicted molar refractivity (Wildman–Crippen MR) is 40.6 cm³/mol. The van der Waals surface area contributed by atoms with Crippen molar-refractivity contribution in [2.24, 2.45) is 0 Å². The van der Waals surface area contributed by atoms with Gasteiger partial charge in [0.1, 0.15) is 0 Å². The second-order valence-corrected chi connectivity index (χ2v) is 4.10. The van der Waals surface area contributed by atoms with Crippen LogP contribution in [0.5, 0.6) is 0 Å². The Bertz CT molecular complexity index is 73.5. The largest absolute Gasteiger partial charge is 0.395 e. The van der Waals surface area contributed by atoms with Crippen LogP contribution in [0.15, 0.2) is 0 Å². The molecule has 1 N–H and O–H groups in total. The summed E-state index contributed by atoms with van der Waals surface area (Å²) in [5, 5.41) is 8.74. The molecule has 0 spiro atoms. The Morgan fingerprint density at radius 3 is 2.44 bits per heavy atom. The molecule has 0 unspecified atom stereocenters. The fourth-order valence-electron chi connectivity index (χ4n) is 0.264. The summed E-state index contributed by atoms with van der Waals surface area (Å²) in [6.45, 7) is 4.16. The number of rotatable bonds is 4. The molecule has 0 aliphatic heterocycles. The maximum atomic E-state index is 8.74. The fourth-order valence-corrected chi connectivity index (χ4v) is 0.792. The fraction of sp³-hybridized carbons (Fsp3) is 1.00. The molecule has 2 nitrogen and oxygen atoms in total. The minimum atomic E-state index is -0.0595. The van der Waals surface area contributed by atoms with Crippen molar-refractivity contribution >= 4 is 11.8 Å². The summed E-state index contributed by atoms with van der Waals surface area (Å²) in [4.78, 5) is 0. The Hall–Kier alpha value is 0.270. The van der Waals surface area contributed by atoms with Crippen molar-refractivity contribution in [1.82, 2.24) is 0 Å². The van der Waals surface area contributed by atoms with Crippen LogP contribution in [0.3, 0.4) is 0 Å². The van der Waals surface area contributed by atoms with Gasteiger partial charge in [0, 0.05) is 11.9 Å². The zero-order chi connectivity index (χ0) is 7.33. The van der Waals surface area contributed by atoms with E-state index >= 15 is 0 Å². The number of ether oxygens (including phenoxy) is 1. The van der Waals surface area contributed by atoms with Crippen molar-refractivity contribution < 1.29 is 9.84 Å². The topological polar surface area (TPSA) is 29.5 Å². The zero-order valence-electron chi connectivity index (χ0n) is 6.18. The summed E-state index contributed by atoms with van der Waals surface area (Å²) in [7, 11) is 1.65. The molecule has 0 saturated heterocycles. The van der Waals surface area contributed by atoms with Gasteiger partial charge in [-0.25, -0.2) is 0 Å². The van der Waals surface area contributed by atoms with Crippen molar-refractivity contribution in [3.8, 4) is 0 Å². The van der Waals surface area contributed by atoms with Gasteiger partial charge in [0.25, 0.3) is 0 Å². The molecule has 0 fully saturated rings. The van der Waals surface area contributed by atoms with Crippen LogP contribution in [0.4, 0.5) is 0 Å². The molecule has 0 amide bonds. The van der Waals surface area contributed by atoms with Crippen LogP contribution in [-0.2, 0) is 4.74 Å². The Kier molecular flexibility index (Phi) is 4.27. The molecule has 0 radical (unpaired) electrons. The molecule has 9 heavy (non-hydrogen) atoms. The summed E-state index contributed by atoms with van der Waals surface area (Å²) in [5.41, 5.74) is 0. The highest BCUT2D eigenvalue weighted by Crippen LogP contribution is 2.22. The van der Waals surface area contributed by atoms with E-state index in [2.05, 4.69) is 0 Å². The van der Waals surface area contributed by atoms with Crippen molar-refractivity contribution in [2.45, 2.75) is 18.6 Å². The van der Waals surface area contributed by atoms with Gasteiger partial charge in [-0.3, -0.25) is 0 Å². The minimum absolute atomic E-state index is 0.0595. The molecule has 0 aromatic rings. The van der Waals surface area contributed by atoms with E-state index in [-0.39, 0.29) is 11.4 Å². The highest BCUT2D eigenvalue weighted by Gasteiger charge is 2.15. The lowest BCUT2D eigenvalue weighted by atomic mass is 10.2. The van der Waals surface area contributed by atoms with Gasteiger partial charge in [-0.1, -0.05) is 0 Å². The maximum absolute atomic E-state index is 8.74. The number of aliphatic hydroxyl groups is 1. The van der Waals surface area contributed by atoms with E-state index in [1.54, 1.807) is 18.9 Å². The summed E-state index contributed by atoms with van der Waals surface area (Å²) in [6, 6.07) is 0. The third kappa shape index (κ3) is 4.75. The Morgan fingerprint density at radius 1 is 1.56 bits per heavy atom. The quantitative estimate of drug-likeness (QED) is 0.608. The summed E-state index contributed by atoms with van der Waals surface area (Å²) in [5.74, 6) is 0.646. The van der Waals surface area contributed by atoms with Crippen LogP contribution in [0, 0.1) is 0 Å². The van der Waals surface area contributed by atoms with Gasteiger partial charge in [-0.15, -0.1) is 11.8 Å². The average Bonchev–Trinajstić information content (AvgIpc) is 1.84. The molecule has 0 aliphatic rings. The first kappa shape index (κ1) is 9.27. The Morgan fingerprint density at radius 2 is 2.11 bits per heavy atom. The first-order valence-electron chi connectivity index (χ1n) is 2.86. The van der Waals surface area contributed by atoms with E-state index in [0.717, 1.165) is 0 Å². The normalized spacial score (nSPS) is 12.0. The molecule has 0 atom stereocenters. The average molecular weight is 150 g/mol. The molecule has 0 bridgehead atoms. The molecule has 0 rings (SSSR count). The molecule has 3 heteroatoms. The SMILES string of the molecule is COCSC(C)(C)CO. The highest BCUT2D eigenvalue weighted by atomic mass is 32.2. The van der Waals surface area contributed by atoms with Crippen LogP contribution in [0.2, 0.25) is 0 Å². The van der Waals surface area contributed by atoms with Crippen LogP contribution >= 0.6 is 11.8 Å². The van der Waals surface area contributed by atoms with Crippen LogP contribution in [0.1, 0.15) is 13.8 Å². The molecular formula is C6H14O2S. The number of methoxy groups -OCH3 is 1. The second-order valence-electron chi connectivity index (χ2n) is 2.47. The van der Waals surface area contributed by atoms with Gasteiger partial charge in [-0.05, 0) is 13.8 Å². The Balaban J connectivity index is 3.33. The minimum Gasteiger partial charge on any atom is -0.395 e. The van der Waals surface area contributed by atoms with Gasteiger partial charge in [0.2, 0.25) is 0 Å². The number of aliphatic hydroxyl groups excluding tert-OH is 1. The van der Waals surface area contributed by atoms with E-state index in [4.69, 9.17) is 9.84 Å². The smallest absolute Gasteiger partial charge is 0.0923 e. The van der Waals surface area contributed by atoms with Gasteiger partial charge in [0.15, 0.2) is 0 Å². The molecule has 56 valence electrons. The maximum Gasteiger partial charge on any atom is 0.0923 e. The van der Waals surface area contributed by atoms with E-state index in [1.807, 2.05) is 13.8 Å². The third-order valence-corrected chi connectivity index (χ3v) is 2.21. The third-order valence-electron chi connectivity index (χ3n) is 0.948. The van der Waals surface area contributed by atoms with Crippen molar-refractivity contribution in [1.29, 1.82) is 0 Å². The lowest BCUT2D eigenvalue weighted by Crippen LogP contribution is -2.20. The van der Waals surface area contributed by atoms with E-state index < -0.39 is 0 Å².